The van der Waals surface area contributed by atoms with Crippen LogP contribution in [0.15, 0.2) is 10.7 Å². The van der Waals surface area contributed by atoms with Crippen LogP contribution in [0.4, 0.5) is 0 Å². The Morgan fingerprint density at radius 2 is 2.04 bits per heavy atom. The van der Waals surface area contributed by atoms with Crippen LogP contribution in [0.25, 0.3) is 0 Å². The van der Waals surface area contributed by atoms with E-state index in [1.165, 1.54) is 18.4 Å². The van der Waals surface area contributed by atoms with Crippen molar-refractivity contribution >= 4 is 0 Å². The van der Waals surface area contributed by atoms with Gasteiger partial charge in [0.25, 0.3) is 0 Å². The summed E-state index contributed by atoms with van der Waals surface area (Å²) >= 11 is 0. The molecule has 1 fully saturated rings. The van der Waals surface area contributed by atoms with Crippen LogP contribution >= 0.6 is 0 Å². The van der Waals surface area contributed by atoms with Crippen molar-refractivity contribution in [3.8, 4) is 6.07 Å². The summed E-state index contributed by atoms with van der Waals surface area (Å²) in [5.74, 6) is 1.27. The summed E-state index contributed by atoms with van der Waals surface area (Å²) in [6, 6.07) is 2.37. The lowest BCUT2D eigenvalue weighted by molar-refractivity contribution is 0.196. The first-order chi connectivity index (χ1) is 11.8. The molecule has 0 radical (unpaired) electrons. The number of hydrogen-bond acceptors (Lipinski definition) is 6. The minimum Gasteiger partial charge on any atom is -0.361 e. The van der Waals surface area contributed by atoms with Gasteiger partial charge in [-0.15, -0.1) is 5.10 Å². The largest absolute Gasteiger partial charge is 0.361 e. The Balaban J connectivity index is 1.37. The zero-order valence-electron chi connectivity index (χ0n) is 13.8. The predicted molar refractivity (Wildman–Crippen MR) is 85.9 cm³/mol. The quantitative estimate of drug-likeness (QED) is 0.853. The normalized spacial score (nSPS) is 19.1. The molecule has 1 saturated heterocycles. The van der Waals surface area contributed by atoms with E-state index in [4.69, 9.17) is 9.78 Å². The van der Waals surface area contributed by atoms with E-state index < -0.39 is 0 Å². The zero-order chi connectivity index (χ0) is 16.4. The van der Waals surface area contributed by atoms with Gasteiger partial charge in [0.2, 0.25) is 0 Å². The average molecular weight is 326 g/mol. The van der Waals surface area contributed by atoms with Crippen LogP contribution in [0.1, 0.15) is 48.4 Å². The Kier molecular flexibility index (Phi) is 4.30. The summed E-state index contributed by atoms with van der Waals surface area (Å²) < 4.78 is 7.31. The third-order valence-electron chi connectivity index (χ3n) is 5.09. The van der Waals surface area contributed by atoms with Gasteiger partial charge in [0.15, 0.2) is 0 Å². The maximum Gasteiger partial charge on any atom is 0.140 e. The van der Waals surface area contributed by atoms with E-state index >= 15 is 0 Å². The molecule has 3 heterocycles. The number of piperidine rings is 1. The second-order valence-corrected chi connectivity index (χ2v) is 6.83. The lowest BCUT2D eigenvalue weighted by Gasteiger charge is -2.27. The Hall–Kier alpha value is -2.20. The van der Waals surface area contributed by atoms with Gasteiger partial charge in [0, 0.05) is 24.4 Å². The van der Waals surface area contributed by atoms with Crippen LogP contribution in [0.2, 0.25) is 0 Å². The molecule has 1 aliphatic heterocycles. The fraction of sp³-hybridized carbons (Fsp3) is 0.647. The Labute approximate surface area is 141 Å². The lowest BCUT2D eigenvalue weighted by atomic mass is 9.96. The van der Waals surface area contributed by atoms with Crippen LogP contribution in [0.3, 0.4) is 0 Å². The Bertz CT molecular complexity index is 735. The molecule has 126 valence electrons. The molecule has 2 aliphatic rings. The molecule has 7 nitrogen and oxygen atoms in total. The van der Waals surface area contributed by atoms with Gasteiger partial charge >= 0.3 is 0 Å². The maximum atomic E-state index is 8.97. The minimum atomic E-state index is 0.218. The van der Waals surface area contributed by atoms with Crippen molar-refractivity contribution < 1.29 is 4.52 Å². The summed E-state index contributed by atoms with van der Waals surface area (Å²) in [5, 5.41) is 21.7. The second-order valence-electron chi connectivity index (χ2n) is 6.83. The summed E-state index contributed by atoms with van der Waals surface area (Å²) in [6.45, 7) is 3.35. The van der Waals surface area contributed by atoms with Gasteiger partial charge in [-0.2, -0.15) is 5.26 Å². The highest BCUT2D eigenvalue weighted by Crippen LogP contribution is 2.24. The van der Waals surface area contributed by atoms with Crippen molar-refractivity contribution in [2.45, 2.75) is 51.6 Å². The van der Waals surface area contributed by atoms with E-state index in [-0.39, 0.29) is 5.92 Å². The standard InChI is InChI=1S/C17H22N6O/c18-9-13-5-7-22(8-6-13)10-14-11-23(21-19-14)12-16-15-3-1-2-4-17(15)24-20-16/h11,13H,1-8,10,12H2. The minimum absolute atomic E-state index is 0.218. The highest BCUT2D eigenvalue weighted by molar-refractivity contribution is 5.25. The molecule has 0 spiro atoms. The highest BCUT2D eigenvalue weighted by Gasteiger charge is 2.21. The average Bonchev–Trinajstić information content (AvgIpc) is 3.23. The second kappa shape index (κ2) is 6.73. The van der Waals surface area contributed by atoms with E-state index in [0.717, 1.165) is 62.5 Å². The Morgan fingerprint density at radius 3 is 2.88 bits per heavy atom. The molecule has 0 atom stereocenters. The molecule has 0 saturated carbocycles. The van der Waals surface area contributed by atoms with Gasteiger partial charge < -0.3 is 4.52 Å². The summed E-state index contributed by atoms with van der Waals surface area (Å²) in [6.07, 6.45) is 8.37. The molecule has 7 heteroatoms. The van der Waals surface area contributed by atoms with Gasteiger partial charge in [-0.1, -0.05) is 10.4 Å². The van der Waals surface area contributed by atoms with Crippen molar-refractivity contribution in [2.75, 3.05) is 13.1 Å². The number of likely N-dealkylation sites (tertiary alicyclic amines) is 1. The molecule has 4 rings (SSSR count). The van der Waals surface area contributed by atoms with Gasteiger partial charge in [-0.3, -0.25) is 4.90 Å². The van der Waals surface area contributed by atoms with Crippen molar-refractivity contribution in [1.82, 2.24) is 25.1 Å². The number of aromatic nitrogens is 4. The fourth-order valence-electron chi connectivity index (χ4n) is 3.66. The van der Waals surface area contributed by atoms with Crippen LogP contribution in [-0.4, -0.2) is 38.1 Å². The molecule has 2 aromatic rings. The molecule has 2 aromatic heterocycles. The maximum absolute atomic E-state index is 8.97. The van der Waals surface area contributed by atoms with Crippen molar-refractivity contribution in [1.29, 1.82) is 5.26 Å². The number of fused-ring (bicyclic) bond motifs is 1. The number of nitrogens with zero attached hydrogens (tertiary/aromatic N) is 6. The molecular weight excluding hydrogens is 304 g/mol. The van der Waals surface area contributed by atoms with Crippen LogP contribution in [0, 0.1) is 17.2 Å². The number of hydrogen-bond donors (Lipinski definition) is 0. The van der Waals surface area contributed by atoms with Gasteiger partial charge in [-0.25, -0.2) is 4.68 Å². The van der Waals surface area contributed by atoms with Crippen molar-refractivity contribution in [3.63, 3.8) is 0 Å². The SMILES string of the molecule is N#CC1CCN(Cc2cn(Cc3noc4c3CCCC4)nn2)CC1. The van der Waals surface area contributed by atoms with Gasteiger partial charge in [0.05, 0.1) is 24.5 Å². The van der Waals surface area contributed by atoms with E-state index in [2.05, 4.69) is 26.4 Å². The number of nitriles is 1. The summed E-state index contributed by atoms with van der Waals surface area (Å²) in [5.41, 5.74) is 3.25. The van der Waals surface area contributed by atoms with Gasteiger partial charge in [0.1, 0.15) is 11.5 Å². The molecule has 0 bridgehead atoms. The van der Waals surface area contributed by atoms with Crippen LogP contribution < -0.4 is 0 Å². The molecule has 0 unspecified atom stereocenters. The third-order valence-corrected chi connectivity index (χ3v) is 5.09. The molecule has 24 heavy (non-hydrogen) atoms. The highest BCUT2D eigenvalue weighted by atomic mass is 16.5. The third kappa shape index (κ3) is 3.20. The fourth-order valence-corrected chi connectivity index (χ4v) is 3.66. The van der Waals surface area contributed by atoms with Crippen LogP contribution in [0.5, 0.6) is 0 Å². The van der Waals surface area contributed by atoms with Crippen molar-refractivity contribution in [3.05, 3.63) is 28.9 Å². The smallest absolute Gasteiger partial charge is 0.140 e. The zero-order valence-corrected chi connectivity index (χ0v) is 13.8. The summed E-state index contributed by atoms with van der Waals surface area (Å²) in [4.78, 5) is 2.35. The lowest BCUT2D eigenvalue weighted by Crippen LogP contribution is -2.32. The van der Waals surface area contributed by atoms with E-state index in [1.54, 1.807) is 0 Å². The first kappa shape index (κ1) is 15.3. The Morgan fingerprint density at radius 1 is 1.21 bits per heavy atom. The van der Waals surface area contributed by atoms with E-state index in [9.17, 15) is 0 Å². The van der Waals surface area contributed by atoms with Crippen molar-refractivity contribution in [2.24, 2.45) is 5.92 Å². The molecule has 0 amide bonds. The monoisotopic (exact) mass is 326 g/mol. The molecule has 0 N–H and O–H groups in total. The molecule has 1 aliphatic carbocycles. The van der Waals surface area contributed by atoms with Crippen LogP contribution in [-0.2, 0) is 25.9 Å². The van der Waals surface area contributed by atoms with E-state index in [1.807, 2.05) is 10.9 Å². The molecule has 0 aromatic carbocycles. The molecular formula is C17H22N6O. The summed E-state index contributed by atoms with van der Waals surface area (Å²) in [7, 11) is 0. The predicted octanol–water partition coefficient (Wildman–Crippen LogP) is 1.93. The van der Waals surface area contributed by atoms with Gasteiger partial charge in [-0.05, 0) is 45.2 Å². The topological polar surface area (TPSA) is 83.8 Å². The number of rotatable bonds is 4. The first-order valence-corrected chi connectivity index (χ1v) is 8.79. The first-order valence-electron chi connectivity index (χ1n) is 8.79. The number of aryl methyl sites for hydroxylation is 1. The van der Waals surface area contributed by atoms with E-state index in [0.29, 0.717) is 6.54 Å².